The summed E-state index contributed by atoms with van der Waals surface area (Å²) in [5.74, 6) is -1.02. The highest BCUT2D eigenvalue weighted by atomic mass is 16.4. The van der Waals surface area contributed by atoms with Gasteiger partial charge in [-0.15, -0.1) is 6.58 Å². The number of carbonyl (C=O) groups is 1. The number of carboxylic acid groups (broad SMARTS) is 1. The largest absolute Gasteiger partial charge is 0.478 e. The molecule has 0 aromatic heterocycles. The second kappa shape index (κ2) is 6.76. The minimum absolute atomic E-state index is 0.0547. The van der Waals surface area contributed by atoms with Gasteiger partial charge in [-0.25, -0.2) is 4.79 Å². The van der Waals surface area contributed by atoms with Crippen LogP contribution in [0.5, 0.6) is 0 Å². The van der Waals surface area contributed by atoms with E-state index >= 15 is 0 Å². The molecule has 2 rings (SSSR count). The SMILES string of the molecule is C=CCN(C)/C(=C\C(=C)C(=O)O)c1ccc2ccccc2c1. The fourth-order valence-electron chi connectivity index (χ4n) is 2.28. The van der Waals surface area contributed by atoms with E-state index in [1.807, 2.05) is 48.3 Å². The minimum Gasteiger partial charge on any atom is -0.478 e. The second-order valence-electron chi connectivity index (χ2n) is 5.09. The van der Waals surface area contributed by atoms with Crippen LogP contribution in [0.3, 0.4) is 0 Å². The number of nitrogens with zero attached hydrogens (tertiary/aromatic N) is 1. The zero-order valence-electron chi connectivity index (χ0n) is 12.6. The van der Waals surface area contributed by atoms with E-state index in [2.05, 4.69) is 19.2 Å². The fraction of sp³-hybridized carbons (Fsp3) is 0.105. The molecule has 2 aromatic carbocycles. The predicted octanol–water partition coefficient (Wildman–Crippen LogP) is 3.94. The number of carboxylic acids is 1. The number of rotatable bonds is 6. The van der Waals surface area contributed by atoms with Crippen molar-refractivity contribution >= 4 is 22.4 Å². The van der Waals surface area contributed by atoms with Gasteiger partial charge in [0.15, 0.2) is 0 Å². The lowest BCUT2D eigenvalue weighted by atomic mass is 10.0. The first-order valence-electron chi connectivity index (χ1n) is 6.98. The molecule has 0 radical (unpaired) electrons. The third-order valence-corrected chi connectivity index (χ3v) is 3.45. The Bertz CT molecular complexity index is 759. The smallest absolute Gasteiger partial charge is 0.335 e. The summed E-state index contributed by atoms with van der Waals surface area (Å²) in [4.78, 5) is 13.0. The van der Waals surface area contributed by atoms with Crippen LogP contribution in [0.4, 0.5) is 0 Å². The molecule has 0 heterocycles. The van der Waals surface area contributed by atoms with Gasteiger partial charge in [0.05, 0.1) is 5.57 Å². The summed E-state index contributed by atoms with van der Waals surface area (Å²) in [7, 11) is 1.90. The van der Waals surface area contributed by atoms with Crippen molar-refractivity contribution in [2.75, 3.05) is 13.6 Å². The molecule has 1 N–H and O–H groups in total. The topological polar surface area (TPSA) is 40.5 Å². The van der Waals surface area contributed by atoms with Crippen molar-refractivity contribution < 1.29 is 9.90 Å². The van der Waals surface area contributed by atoms with E-state index in [-0.39, 0.29) is 5.57 Å². The average molecular weight is 293 g/mol. The third-order valence-electron chi connectivity index (χ3n) is 3.45. The van der Waals surface area contributed by atoms with Crippen molar-refractivity contribution in [1.82, 2.24) is 4.90 Å². The van der Waals surface area contributed by atoms with E-state index in [0.717, 1.165) is 22.0 Å². The molecular weight excluding hydrogens is 274 g/mol. The van der Waals surface area contributed by atoms with Crippen LogP contribution < -0.4 is 0 Å². The van der Waals surface area contributed by atoms with Crippen LogP contribution in [0, 0.1) is 0 Å². The van der Waals surface area contributed by atoms with E-state index in [1.165, 1.54) is 0 Å². The standard InChI is InChI=1S/C19H19NO2/c1-4-11-20(3)18(12-14(2)19(21)22)17-10-9-15-7-5-6-8-16(15)13-17/h4-10,12-13H,1-2,11H2,3H3,(H,21,22)/b18-12-. The van der Waals surface area contributed by atoms with Gasteiger partial charge < -0.3 is 10.0 Å². The monoisotopic (exact) mass is 293 g/mol. The van der Waals surface area contributed by atoms with E-state index in [1.54, 1.807) is 12.2 Å². The van der Waals surface area contributed by atoms with Crippen molar-refractivity contribution in [2.24, 2.45) is 0 Å². The Morgan fingerprint density at radius 3 is 2.55 bits per heavy atom. The number of hydrogen-bond acceptors (Lipinski definition) is 2. The summed E-state index contributed by atoms with van der Waals surface area (Å²) in [5, 5.41) is 11.3. The summed E-state index contributed by atoms with van der Waals surface area (Å²) in [6.07, 6.45) is 3.37. The van der Waals surface area contributed by atoms with Gasteiger partial charge in [-0.3, -0.25) is 0 Å². The van der Waals surface area contributed by atoms with Crippen LogP contribution >= 0.6 is 0 Å². The van der Waals surface area contributed by atoms with Gasteiger partial charge in [-0.2, -0.15) is 0 Å². The van der Waals surface area contributed by atoms with Crippen molar-refractivity contribution in [3.05, 3.63) is 78.9 Å². The van der Waals surface area contributed by atoms with Crippen LogP contribution in [-0.4, -0.2) is 29.6 Å². The van der Waals surface area contributed by atoms with Gasteiger partial charge in [0, 0.05) is 19.3 Å². The number of aliphatic carboxylic acids is 1. The molecule has 0 atom stereocenters. The molecule has 0 unspecified atom stereocenters. The Labute approximate surface area is 130 Å². The molecule has 3 nitrogen and oxygen atoms in total. The van der Waals surface area contributed by atoms with Gasteiger partial charge in [-0.05, 0) is 28.5 Å². The van der Waals surface area contributed by atoms with Crippen molar-refractivity contribution in [3.8, 4) is 0 Å². The molecular formula is C19H19NO2. The number of hydrogen-bond donors (Lipinski definition) is 1. The molecule has 0 spiro atoms. The third kappa shape index (κ3) is 3.44. The van der Waals surface area contributed by atoms with Gasteiger partial charge >= 0.3 is 5.97 Å². The van der Waals surface area contributed by atoms with Crippen molar-refractivity contribution in [3.63, 3.8) is 0 Å². The summed E-state index contributed by atoms with van der Waals surface area (Å²) in [5.41, 5.74) is 1.81. The van der Waals surface area contributed by atoms with E-state index in [9.17, 15) is 4.79 Å². The fourth-order valence-corrected chi connectivity index (χ4v) is 2.28. The molecule has 3 heteroatoms. The maximum absolute atomic E-state index is 11.1. The molecule has 0 saturated heterocycles. The zero-order valence-corrected chi connectivity index (χ0v) is 12.6. The zero-order chi connectivity index (χ0) is 16.1. The van der Waals surface area contributed by atoms with Crippen LogP contribution in [-0.2, 0) is 4.79 Å². The maximum atomic E-state index is 11.1. The highest BCUT2D eigenvalue weighted by Crippen LogP contribution is 2.24. The van der Waals surface area contributed by atoms with Gasteiger partial charge in [0.25, 0.3) is 0 Å². The summed E-state index contributed by atoms with van der Waals surface area (Å²) in [6, 6.07) is 14.1. The van der Waals surface area contributed by atoms with Crippen molar-refractivity contribution in [2.45, 2.75) is 0 Å². The van der Waals surface area contributed by atoms with Gasteiger partial charge in [-0.1, -0.05) is 49.1 Å². The molecule has 22 heavy (non-hydrogen) atoms. The quantitative estimate of drug-likeness (QED) is 0.498. The highest BCUT2D eigenvalue weighted by Gasteiger charge is 2.10. The Morgan fingerprint density at radius 2 is 1.91 bits per heavy atom. The van der Waals surface area contributed by atoms with E-state index in [4.69, 9.17) is 5.11 Å². The normalized spacial score (nSPS) is 11.2. The molecule has 0 aliphatic heterocycles. The first-order chi connectivity index (χ1) is 10.5. The minimum atomic E-state index is -1.02. The van der Waals surface area contributed by atoms with E-state index in [0.29, 0.717) is 6.54 Å². The van der Waals surface area contributed by atoms with Crippen LogP contribution in [0.15, 0.2) is 73.3 Å². The molecule has 2 aromatic rings. The number of benzene rings is 2. The molecule has 0 bridgehead atoms. The molecule has 0 saturated carbocycles. The first kappa shape index (κ1) is 15.6. The second-order valence-corrected chi connectivity index (χ2v) is 5.09. The number of likely N-dealkylation sites (N-methyl/N-ethyl adjacent to an activating group) is 1. The lowest BCUT2D eigenvalue weighted by Crippen LogP contribution is -2.17. The summed E-state index contributed by atoms with van der Waals surface area (Å²) in [6.45, 7) is 7.95. The van der Waals surface area contributed by atoms with Crippen molar-refractivity contribution in [1.29, 1.82) is 0 Å². The molecule has 0 amide bonds. The Morgan fingerprint density at radius 1 is 1.23 bits per heavy atom. The summed E-state index contributed by atoms with van der Waals surface area (Å²) < 4.78 is 0. The van der Waals surface area contributed by atoms with Crippen LogP contribution in [0.2, 0.25) is 0 Å². The first-order valence-corrected chi connectivity index (χ1v) is 6.98. The maximum Gasteiger partial charge on any atom is 0.335 e. The highest BCUT2D eigenvalue weighted by molar-refractivity contribution is 5.93. The molecule has 0 aliphatic carbocycles. The molecule has 0 aliphatic rings. The predicted molar refractivity (Wildman–Crippen MR) is 91.5 cm³/mol. The van der Waals surface area contributed by atoms with E-state index < -0.39 is 5.97 Å². The lowest BCUT2D eigenvalue weighted by Gasteiger charge is -2.22. The van der Waals surface area contributed by atoms with Gasteiger partial charge in [0.1, 0.15) is 0 Å². The van der Waals surface area contributed by atoms with Crippen LogP contribution in [0.1, 0.15) is 5.56 Å². The summed E-state index contributed by atoms with van der Waals surface area (Å²) >= 11 is 0. The molecule has 0 fully saturated rings. The molecule has 112 valence electrons. The number of fused-ring (bicyclic) bond motifs is 1. The van der Waals surface area contributed by atoms with Crippen LogP contribution in [0.25, 0.3) is 16.5 Å². The Kier molecular flexibility index (Phi) is 4.79. The average Bonchev–Trinajstić information content (AvgIpc) is 2.52. The Balaban J connectivity index is 2.52. The lowest BCUT2D eigenvalue weighted by molar-refractivity contribution is -0.132. The van der Waals surface area contributed by atoms with Gasteiger partial charge in [0.2, 0.25) is 0 Å². The Hall–Kier alpha value is -2.81.